The number of sulfonamides is 1. The number of anilines is 1. The third kappa shape index (κ3) is 4.15. The number of nitrogens with one attached hydrogen (secondary N) is 2. The molecule has 0 fully saturated rings. The number of para-hydroxylation sites is 1. The van der Waals surface area contributed by atoms with Crippen LogP contribution in [-0.4, -0.2) is 26.3 Å². The molecule has 24 heavy (non-hydrogen) atoms. The Morgan fingerprint density at radius 1 is 1.12 bits per heavy atom. The highest BCUT2D eigenvalue weighted by atomic mass is 32.2. The fraction of sp³-hybridized carbons (Fsp3) is 0.133. The number of carbonyl (C=O) groups is 1. The summed E-state index contributed by atoms with van der Waals surface area (Å²) in [5, 5.41) is 13.5. The molecule has 2 N–H and O–H groups in total. The quantitative estimate of drug-likeness (QED) is 0.607. The van der Waals surface area contributed by atoms with E-state index >= 15 is 0 Å². The molecule has 2 aromatic rings. The van der Waals surface area contributed by atoms with E-state index in [2.05, 4.69) is 10.0 Å². The van der Waals surface area contributed by atoms with E-state index in [0.29, 0.717) is 11.3 Å². The van der Waals surface area contributed by atoms with E-state index in [1.807, 2.05) is 0 Å². The van der Waals surface area contributed by atoms with Crippen molar-refractivity contribution in [2.45, 2.75) is 11.3 Å². The summed E-state index contributed by atoms with van der Waals surface area (Å²) < 4.78 is 25.4. The standard InChI is InChI=1S/C15H15N3O5S/c1-16-24(22,23)13-8-6-12(7-9-13)17-15(19)10-11-4-2-3-5-14(11)18(20)21/h2-9,16H,10H2,1H3,(H,17,19). The largest absolute Gasteiger partial charge is 0.326 e. The van der Waals surface area contributed by atoms with E-state index in [9.17, 15) is 23.3 Å². The van der Waals surface area contributed by atoms with Crippen molar-refractivity contribution >= 4 is 27.3 Å². The molecule has 0 unspecified atom stereocenters. The maximum atomic E-state index is 12.0. The van der Waals surface area contributed by atoms with Gasteiger partial charge in [0.2, 0.25) is 15.9 Å². The topological polar surface area (TPSA) is 118 Å². The predicted octanol–water partition coefficient (Wildman–Crippen LogP) is 1.68. The van der Waals surface area contributed by atoms with Crippen molar-refractivity contribution in [1.82, 2.24) is 4.72 Å². The van der Waals surface area contributed by atoms with E-state index in [0.717, 1.165) is 0 Å². The number of carbonyl (C=O) groups excluding carboxylic acids is 1. The lowest BCUT2D eigenvalue weighted by Gasteiger charge is -2.07. The molecular weight excluding hydrogens is 334 g/mol. The summed E-state index contributed by atoms with van der Waals surface area (Å²) in [5.41, 5.74) is 0.575. The van der Waals surface area contributed by atoms with Gasteiger partial charge < -0.3 is 5.32 Å². The summed E-state index contributed by atoms with van der Waals surface area (Å²) in [4.78, 5) is 22.5. The SMILES string of the molecule is CNS(=O)(=O)c1ccc(NC(=O)Cc2ccccc2[N+](=O)[O-])cc1. The van der Waals surface area contributed by atoms with Crippen molar-refractivity contribution < 1.29 is 18.1 Å². The molecule has 0 aliphatic rings. The van der Waals surface area contributed by atoms with E-state index in [4.69, 9.17) is 0 Å². The Hall–Kier alpha value is -2.78. The first kappa shape index (κ1) is 17.6. The predicted molar refractivity (Wildman–Crippen MR) is 88.1 cm³/mol. The Bertz CT molecular complexity index is 863. The molecular formula is C15H15N3O5S. The first-order valence-corrected chi connectivity index (χ1v) is 8.37. The number of benzene rings is 2. The maximum absolute atomic E-state index is 12.0. The van der Waals surface area contributed by atoms with Gasteiger partial charge in [-0.05, 0) is 31.3 Å². The van der Waals surface area contributed by atoms with Crippen LogP contribution in [0.15, 0.2) is 53.4 Å². The second-order valence-corrected chi connectivity index (χ2v) is 6.73. The monoisotopic (exact) mass is 349 g/mol. The van der Waals surface area contributed by atoms with Crippen LogP contribution in [0, 0.1) is 10.1 Å². The summed E-state index contributed by atoms with van der Waals surface area (Å²) in [5.74, 6) is -0.437. The molecule has 0 saturated carbocycles. The number of nitro groups is 1. The van der Waals surface area contributed by atoms with Crippen LogP contribution in [0.2, 0.25) is 0 Å². The summed E-state index contributed by atoms with van der Waals surface area (Å²) in [6.45, 7) is 0. The molecule has 126 valence electrons. The van der Waals surface area contributed by atoms with Gasteiger partial charge in [0.25, 0.3) is 5.69 Å². The van der Waals surface area contributed by atoms with E-state index in [-0.39, 0.29) is 17.0 Å². The molecule has 0 spiro atoms. The smallest absolute Gasteiger partial charge is 0.273 e. The van der Waals surface area contributed by atoms with Crippen molar-refractivity contribution in [3.05, 3.63) is 64.2 Å². The van der Waals surface area contributed by atoms with Gasteiger partial charge in [0.1, 0.15) is 0 Å². The molecule has 1 amide bonds. The molecule has 2 aromatic carbocycles. The van der Waals surface area contributed by atoms with Crippen LogP contribution in [0.1, 0.15) is 5.56 Å². The minimum absolute atomic E-state index is 0.0710. The van der Waals surface area contributed by atoms with Gasteiger partial charge in [0.05, 0.1) is 16.2 Å². The Labute approximate surface area is 138 Å². The number of rotatable bonds is 6. The van der Waals surface area contributed by atoms with Crippen molar-refractivity contribution in [3.63, 3.8) is 0 Å². The van der Waals surface area contributed by atoms with E-state index in [1.165, 1.54) is 49.5 Å². The molecule has 0 heterocycles. The second-order valence-electron chi connectivity index (χ2n) is 4.84. The highest BCUT2D eigenvalue weighted by molar-refractivity contribution is 7.89. The number of amides is 1. The zero-order valence-electron chi connectivity index (χ0n) is 12.7. The van der Waals surface area contributed by atoms with E-state index < -0.39 is 20.9 Å². The Kier molecular flexibility index (Phi) is 5.27. The van der Waals surface area contributed by atoms with E-state index in [1.54, 1.807) is 6.07 Å². The Balaban J connectivity index is 2.10. The third-order valence-corrected chi connectivity index (χ3v) is 4.69. The number of nitrogens with zero attached hydrogens (tertiary/aromatic N) is 1. The van der Waals surface area contributed by atoms with Crippen LogP contribution in [0.3, 0.4) is 0 Å². The van der Waals surface area contributed by atoms with Crippen LogP contribution in [0.25, 0.3) is 0 Å². The average molecular weight is 349 g/mol. The molecule has 2 rings (SSSR count). The Morgan fingerprint density at radius 3 is 2.33 bits per heavy atom. The van der Waals surface area contributed by atoms with Gasteiger partial charge in [0.15, 0.2) is 0 Å². The molecule has 9 heteroatoms. The fourth-order valence-corrected chi connectivity index (χ4v) is 2.78. The van der Waals surface area contributed by atoms with Crippen molar-refractivity contribution in [1.29, 1.82) is 0 Å². The Morgan fingerprint density at radius 2 is 1.75 bits per heavy atom. The normalized spacial score (nSPS) is 11.0. The molecule has 0 aliphatic carbocycles. The van der Waals surface area contributed by atoms with Crippen molar-refractivity contribution in [2.24, 2.45) is 0 Å². The molecule has 0 aromatic heterocycles. The van der Waals surface area contributed by atoms with Crippen LogP contribution in [-0.2, 0) is 21.2 Å². The molecule has 0 bridgehead atoms. The van der Waals surface area contributed by atoms with Gasteiger partial charge >= 0.3 is 0 Å². The van der Waals surface area contributed by atoms with Crippen molar-refractivity contribution in [3.8, 4) is 0 Å². The van der Waals surface area contributed by atoms with Gasteiger partial charge in [-0.3, -0.25) is 14.9 Å². The van der Waals surface area contributed by atoms with Crippen LogP contribution in [0.4, 0.5) is 11.4 Å². The van der Waals surface area contributed by atoms with Crippen LogP contribution >= 0.6 is 0 Å². The summed E-state index contributed by atoms with van der Waals surface area (Å²) in [6.07, 6.45) is -0.159. The summed E-state index contributed by atoms with van der Waals surface area (Å²) >= 11 is 0. The van der Waals surface area contributed by atoms with Gasteiger partial charge in [-0.25, -0.2) is 13.1 Å². The lowest BCUT2D eigenvalue weighted by Crippen LogP contribution is -2.19. The number of hydrogen-bond acceptors (Lipinski definition) is 5. The first-order chi connectivity index (χ1) is 11.3. The highest BCUT2D eigenvalue weighted by Crippen LogP contribution is 2.19. The molecule has 0 radical (unpaired) electrons. The molecule has 0 saturated heterocycles. The van der Waals surface area contributed by atoms with Gasteiger partial charge in [0, 0.05) is 17.3 Å². The second kappa shape index (κ2) is 7.20. The minimum Gasteiger partial charge on any atom is -0.326 e. The number of hydrogen-bond donors (Lipinski definition) is 2. The van der Waals surface area contributed by atoms with Crippen molar-refractivity contribution in [2.75, 3.05) is 12.4 Å². The maximum Gasteiger partial charge on any atom is 0.273 e. The molecule has 0 atom stereocenters. The zero-order valence-corrected chi connectivity index (χ0v) is 13.5. The molecule has 8 nitrogen and oxygen atoms in total. The third-order valence-electron chi connectivity index (χ3n) is 3.26. The fourth-order valence-electron chi connectivity index (χ4n) is 2.05. The lowest BCUT2D eigenvalue weighted by molar-refractivity contribution is -0.385. The summed E-state index contributed by atoms with van der Waals surface area (Å²) in [7, 11) is -2.24. The molecule has 0 aliphatic heterocycles. The van der Waals surface area contributed by atoms with Gasteiger partial charge in [-0.1, -0.05) is 18.2 Å². The van der Waals surface area contributed by atoms with Crippen LogP contribution in [0.5, 0.6) is 0 Å². The number of nitro benzene ring substituents is 1. The average Bonchev–Trinajstić information content (AvgIpc) is 2.55. The van der Waals surface area contributed by atoms with Gasteiger partial charge in [-0.2, -0.15) is 0 Å². The minimum atomic E-state index is -3.54. The summed E-state index contributed by atoms with van der Waals surface area (Å²) in [6, 6.07) is 11.6. The van der Waals surface area contributed by atoms with Crippen LogP contribution < -0.4 is 10.0 Å². The first-order valence-electron chi connectivity index (χ1n) is 6.89. The van der Waals surface area contributed by atoms with Gasteiger partial charge in [-0.15, -0.1) is 0 Å². The highest BCUT2D eigenvalue weighted by Gasteiger charge is 2.16. The lowest BCUT2D eigenvalue weighted by atomic mass is 10.1. The zero-order chi connectivity index (χ0) is 17.7.